The van der Waals surface area contributed by atoms with Gasteiger partial charge < -0.3 is 19.4 Å². The lowest BCUT2D eigenvalue weighted by Gasteiger charge is -2.24. The Bertz CT molecular complexity index is 1640. The zero-order valence-electron chi connectivity index (χ0n) is 25.0. The Labute approximate surface area is 253 Å². The third-order valence-corrected chi connectivity index (χ3v) is 9.85. The Morgan fingerprint density at radius 1 is 1.12 bits per heavy atom. The first-order chi connectivity index (χ1) is 20.8. The third kappa shape index (κ3) is 6.54. The maximum absolute atomic E-state index is 13.3. The lowest BCUT2D eigenvalue weighted by atomic mass is 9.81. The molecule has 0 saturated heterocycles. The number of aromatic nitrogens is 1. The summed E-state index contributed by atoms with van der Waals surface area (Å²) < 4.78 is 42.1. The van der Waals surface area contributed by atoms with Gasteiger partial charge in [0.1, 0.15) is 12.0 Å². The number of aldehydes is 1. The predicted molar refractivity (Wildman–Crippen MR) is 168 cm³/mol. The SMILES string of the molecule is CNCCOCCN(C)S(=O)(=O)NC(=O)c1ccc2c(C3CCCCC3)c3n(c2c1)CC(C=O)=Cc1cc(OC)ccc1-3. The third-order valence-electron chi connectivity index (χ3n) is 8.41. The van der Waals surface area contributed by atoms with E-state index >= 15 is 0 Å². The molecule has 10 nitrogen and oxygen atoms in total. The second kappa shape index (κ2) is 13.4. The van der Waals surface area contributed by atoms with Gasteiger partial charge in [0.05, 0.1) is 32.6 Å². The molecule has 2 aromatic carbocycles. The second-order valence-electron chi connectivity index (χ2n) is 11.2. The number of nitrogens with zero attached hydrogens (tertiary/aromatic N) is 2. The van der Waals surface area contributed by atoms with Crippen LogP contribution in [0.2, 0.25) is 0 Å². The molecule has 0 bridgehead atoms. The van der Waals surface area contributed by atoms with Crippen molar-refractivity contribution in [3.63, 3.8) is 0 Å². The molecule has 11 heteroatoms. The number of carbonyl (C=O) groups excluding carboxylic acids is 2. The van der Waals surface area contributed by atoms with Crippen LogP contribution in [0.5, 0.6) is 5.75 Å². The lowest BCUT2D eigenvalue weighted by Crippen LogP contribution is -2.42. The Hall–Kier alpha value is -3.51. The standard InChI is InChI=1S/C32H40N4O6S/c1-33-13-15-42-16-14-35(2)43(39,40)34-32(38)24-9-11-28-29(19-24)36-20-22(21-37)17-25-18-26(41-3)10-12-27(25)31(36)30(28)23-7-5-4-6-8-23/h9-12,17-19,21,23,33H,4-8,13-16,20H2,1-3H3,(H,34,38). The number of ether oxygens (including phenoxy) is 2. The van der Waals surface area contributed by atoms with E-state index in [1.165, 1.54) is 19.0 Å². The average Bonchev–Trinajstić information content (AvgIpc) is 3.23. The topological polar surface area (TPSA) is 119 Å². The molecule has 1 aliphatic carbocycles. The molecule has 1 fully saturated rings. The summed E-state index contributed by atoms with van der Waals surface area (Å²) in [5, 5.41) is 3.98. The minimum Gasteiger partial charge on any atom is -0.497 e. The molecule has 230 valence electrons. The Morgan fingerprint density at radius 2 is 1.91 bits per heavy atom. The Kier molecular flexibility index (Phi) is 9.65. The molecule has 2 heterocycles. The van der Waals surface area contributed by atoms with E-state index < -0.39 is 16.1 Å². The summed E-state index contributed by atoms with van der Waals surface area (Å²) >= 11 is 0. The molecule has 1 aliphatic heterocycles. The van der Waals surface area contributed by atoms with Crippen molar-refractivity contribution in [2.24, 2.45) is 0 Å². The maximum Gasteiger partial charge on any atom is 0.303 e. The van der Waals surface area contributed by atoms with E-state index in [2.05, 4.69) is 14.6 Å². The van der Waals surface area contributed by atoms with E-state index in [-0.39, 0.29) is 18.7 Å². The summed E-state index contributed by atoms with van der Waals surface area (Å²) in [6, 6.07) is 11.3. The zero-order chi connectivity index (χ0) is 30.6. The van der Waals surface area contributed by atoms with E-state index in [1.807, 2.05) is 37.4 Å². The fourth-order valence-electron chi connectivity index (χ4n) is 6.12. The monoisotopic (exact) mass is 608 g/mol. The molecular formula is C32H40N4O6S. The largest absolute Gasteiger partial charge is 0.497 e. The number of methoxy groups -OCH3 is 1. The summed E-state index contributed by atoms with van der Waals surface area (Å²) in [5.74, 6) is 0.326. The van der Waals surface area contributed by atoms with Crippen molar-refractivity contribution in [1.82, 2.24) is 18.9 Å². The summed E-state index contributed by atoms with van der Waals surface area (Å²) in [6.07, 6.45) is 8.41. The van der Waals surface area contributed by atoms with Crippen molar-refractivity contribution in [3.05, 3.63) is 58.7 Å². The van der Waals surface area contributed by atoms with Gasteiger partial charge in [0.2, 0.25) is 0 Å². The van der Waals surface area contributed by atoms with Crippen LogP contribution in [-0.2, 0) is 26.3 Å². The van der Waals surface area contributed by atoms with Gasteiger partial charge >= 0.3 is 10.2 Å². The van der Waals surface area contributed by atoms with Gasteiger partial charge in [0, 0.05) is 47.7 Å². The van der Waals surface area contributed by atoms with Crippen LogP contribution >= 0.6 is 0 Å². The fraction of sp³-hybridized carbons (Fsp3) is 0.438. The van der Waals surface area contributed by atoms with Crippen LogP contribution < -0.4 is 14.8 Å². The van der Waals surface area contributed by atoms with Crippen molar-refractivity contribution in [2.45, 2.75) is 44.6 Å². The minimum absolute atomic E-state index is 0.104. The molecule has 0 spiro atoms. The molecule has 1 aromatic heterocycles. The van der Waals surface area contributed by atoms with E-state index in [0.717, 1.165) is 64.0 Å². The first-order valence-corrected chi connectivity index (χ1v) is 16.2. The first-order valence-electron chi connectivity index (χ1n) is 14.8. The molecule has 5 rings (SSSR count). The van der Waals surface area contributed by atoms with Gasteiger partial charge in [0.25, 0.3) is 5.91 Å². The summed E-state index contributed by atoms with van der Waals surface area (Å²) in [7, 11) is 0.753. The van der Waals surface area contributed by atoms with E-state index in [1.54, 1.807) is 19.2 Å². The van der Waals surface area contributed by atoms with E-state index in [4.69, 9.17) is 9.47 Å². The number of fused-ring (bicyclic) bond motifs is 5. The average molecular weight is 609 g/mol. The highest BCUT2D eigenvalue weighted by molar-refractivity contribution is 7.87. The van der Waals surface area contributed by atoms with E-state index in [0.29, 0.717) is 36.9 Å². The summed E-state index contributed by atoms with van der Waals surface area (Å²) in [5.41, 5.74) is 5.78. The molecule has 0 radical (unpaired) electrons. The number of carbonyl (C=O) groups is 2. The van der Waals surface area contributed by atoms with Crippen molar-refractivity contribution < 1.29 is 27.5 Å². The van der Waals surface area contributed by atoms with Crippen LogP contribution in [0, 0.1) is 0 Å². The number of nitrogens with one attached hydrogen (secondary N) is 2. The van der Waals surface area contributed by atoms with Gasteiger partial charge in [-0.2, -0.15) is 12.7 Å². The molecule has 0 unspecified atom stereocenters. The number of allylic oxidation sites excluding steroid dienone is 1. The molecule has 43 heavy (non-hydrogen) atoms. The number of likely N-dealkylation sites (N-methyl/N-ethyl adjacent to an activating group) is 2. The molecule has 3 aromatic rings. The highest BCUT2D eigenvalue weighted by Crippen LogP contribution is 2.46. The maximum atomic E-state index is 13.3. The van der Waals surface area contributed by atoms with Gasteiger partial charge in [-0.1, -0.05) is 25.3 Å². The van der Waals surface area contributed by atoms with Gasteiger partial charge in [-0.15, -0.1) is 0 Å². The Balaban J connectivity index is 1.54. The number of hydrogen-bond acceptors (Lipinski definition) is 7. The van der Waals surface area contributed by atoms with Crippen molar-refractivity contribution in [1.29, 1.82) is 0 Å². The second-order valence-corrected chi connectivity index (χ2v) is 13.0. The molecule has 2 N–H and O–H groups in total. The minimum atomic E-state index is -4.08. The zero-order valence-corrected chi connectivity index (χ0v) is 25.8. The predicted octanol–water partition coefficient (Wildman–Crippen LogP) is 4.10. The molecule has 0 atom stereocenters. The number of rotatable bonds is 12. The highest BCUT2D eigenvalue weighted by Gasteiger charge is 2.30. The first kappa shape index (κ1) is 30.9. The van der Waals surface area contributed by atoms with Crippen LogP contribution in [0.1, 0.15) is 59.5 Å². The lowest BCUT2D eigenvalue weighted by molar-refractivity contribution is -0.105. The van der Waals surface area contributed by atoms with Crippen LogP contribution in [0.25, 0.3) is 28.2 Å². The van der Waals surface area contributed by atoms with Gasteiger partial charge in [-0.05, 0) is 73.3 Å². The quantitative estimate of drug-likeness (QED) is 0.235. The Morgan fingerprint density at radius 3 is 2.63 bits per heavy atom. The summed E-state index contributed by atoms with van der Waals surface area (Å²) in [4.78, 5) is 25.5. The van der Waals surface area contributed by atoms with Crippen molar-refractivity contribution in [2.75, 3.05) is 47.5 Å². The molecular weight excluding hydrogens is 568 g/mol. The molecule has 1 amide bonds. The van der Waals surface area contributed by atoms with Crippen LogP contribution in [-0.4, -0.2) is 77.0 Å². The van der Waals surface area contributed by atoms with Crippen LogP contribution in [0.15, 0.2) is 42.0 Å². The van der Waals surface area contributed by atoms with Gasteiger partial charge in [-0.25, -0.2) is 4.72 Å². The number of amides is 1. The molecule has 1 saturated carbocycles. The summed E-state index contributed by atoms with van der Waals surface area (Å²) in [6.45, 7) is 1.76. The van der Waals surface area contributed by atoms with E-state index in [9.17, 15) is 18.0 Å². The van der Waals surface area contributed by atoms with Crippen molar-refractivity contribution >= 4 is 39.4 Å². The number of hydrogen-bond donors (Lipinski definition) is 2. The normalized spacial score (nSPS) is 15.5. The molecule has 2 aliphatic rings. The van der Waals surface area contributed by atoms with Gasteiger partial charge in [0.15, 0.2) is 0 Å². The fourth-order valence-corrected chi connectivity index (χ4v) is 6.95. The smallest absolute Gasteiger partial charge is 0.303 e. The van der Waals surface area contributed by atoms with Gasteiger partial charge in [-0.3, -0.25) is 9.59 Å². The number of benzene rings is 2. The van der Waals surface area contributed by atoms with Crippen molar-refractivity contribution in [3.8, 4) is 17.0 Å². The van der Waals surface area contributed by atoms with Crippen LogP contribution in [0.4, 0.5) is 0 Å². The van der Waals surface area contributed by atoms with Crippen LogP contribution in [0.3, 0.4) is 0 Å². The highest BCUT2D eigenvalue weighted by atomic mass is 32.2.